The molecule has 0 aliphatic heterocycles. The third-order valence-electron chi connectivity index (χ3n) is 2.04. The fourth-order valence-electron chi connectivity index (χ4n) is 1.30. The van der Waals surface area contributed by atoms with Gasteiger partial charge in [0.1, 0.15) is 5.75 Å². The van der Waals surface area contributed by atoms with Crippen molar-refractivity contribution >= 4 is 33.5 Å². The molecule has 1 aromatic carbocycles. The van der Waals surface area contributed by atoms with Crippen LogP contribution in [0.15, 0.2) is 22.7 Å². The molecule has 0 aliphatic rings. The molecule has 0 saturated heterocycles. The highest BCUT2D eigenvalue weighted by molar-refractivity contribution is 9.10. The van der Waals surface area contributed by atoms with E-state index in [2.05, 4.69) is 30.9 Å². The van der Waals surface area contributed by atoms with Gasteiger partial charge in [0.25, 0.3) is 0 Å². The number of nitrogen functional groups attached to an aromatic ring is 1. The summed E-state index contributed by atoms with van der Waals surface area (Å²) in [7, 11) is 1.59. The van der Waals surface area contributed by atoms with Crippen molar-refractivity contribution in [3.05, 3.63) is 28.0 Å². The van der Waals surface area contributed by atoms with Crippen LogP contribution in [0.25, 0.3) is 11.4 Å². The first-order valence-electron chi connectivity index (χ1n) is 4.61. The van der Waals surface area contributed by atoms with Crippen molar-refractivity contribution in [1.29, 1.82) is 0 Å². The molecule has 2 aromatic rings. The summed E-state index contributed by atoms with van der Waals surface area (Å²) >= 11 is 9.10. The van der Waals surface area contributed by atoms with Crippen LogP contribution in [0, 0.1) is 0 Å². The summed E-state index contributed by atoms with van der Waals surface area (Å²) < 4.78 is 5.93. The molecule has 7 heteroatoms. The van der Waals surface area contributed by atoms with Gasteiger partial charge >= 0.3 is 0 Å². The van der Waals surface area contributed by atoms with Gasteiger partial charge in [-0.3, -0.25) is 0 Å². The molecule has 1 heterocycles. The quantitative estimate of drug-likeness (QED) is 0.922. The molecule has 0 saturated carbocycles. The van der Waals surface area contributed by atoms with Crippen molar-refractivity contribution in [2.45, 2.75) is 0 Å². The Balaban J connectivity index is 2.49. The average molecular weight is 316 g/mol. The van der Waals surface area contributed by atoms with E-state index in [0.717, 1.165) is 15.8 Å². The predicted octanol–water partition coefficient (Wildman–Crippen LogP) is 2.55. The number of rotatable bonds is 2. The number of aromatic nitrogens is 3. The molecular formula is C10H8BrClN4O. The van der Waals surface area contributed by atoms with Gasteiger partial charge in [-0.2, -0.15) is 15.0 Å². The smallest absolute Gasteiger partial charge is 0.227 e. The second kappa shape index (κ2) is 4.85. The van der Waals surface area contributed by atoms with E-state index in [0.29, 0.717) is 5.82 Å². The molecule has 5 nitrogen and oxygen atoms in total. The first-order chi connectivity index (χ1) is 8.10. The zero-order valence-corrected chi connectivity index (χ0v) is 11.2. The van der Waals surface area contributed by atoms with E-state index in [1.165, 1.54) is 0 Å². The lowest BCUT2D eigenvalue weighted by atomic mass is 10.2. The Hall–Kier alpha value is -1.40. The third kappa shape index (κ3) is 2.65. The lowest BCUT2D eigenvalue weighted by Crippen LogP contribution is -2.00. The van der Waals surface area contributed by atoms with Crippen molar-refractivity contribution < 1.29 is 4.74 Å². The van der Waals surface area contributed by atoms with E-state index in [4.69, 9.17) is 22.1 Å². The molecule has 0 aliphatic carbocycles. The standard InChI is InChI=1S/C10H8BrClN4O/c1-17-7-3-2-5(4-6(7)11)8-14-9(12)16-10(13)15-8/h2-4H,1H3,(H2,13,14,15,16). The largest absolute Gasteiger partial charge is 0.496 e. The van der Waals surface area contributed by atoms with Crippen molar-refractivity contribution in [2.75, 3.05) is 12.8 Å². The van der Waals surface area contributed by atoms with E-state index < -0.39 is 0 Å². The third-order valence-corrected chi connectivity index (χ3v) is 2.82. The van der Waals surface area contributed by atoms with E-state index in [9.17, 15) is 0 Å². The number of halogens is 2. The Morgan fingerprint density at radius 3 is 2.65 bits per heavy atom. The van der Waals surface area contributed by atoms with Gasteiger partial charge in [-0.1, -0.05) is 0 Å². The van der Waals surface area contributed by atoms with Crippen molar-refractivity contribution in [3.8, 4) is 17.1 Å². The Morgan fingerprint density at radius 1 is 1.29 bits per heavy atom. The van der Waals surface area contributed by atoms with Crippen LogP contribution in [0.5, 0.6) is 5.75 Å². The van der Waals surface area contributed by atoms with E-state index in [1.807, 2.05) is 12.1 Å². The summed E-state index contributed by atoms with van der Waals surface area (Å²) in [6, 6.07) is 5.44. The van der Waals surface area contributed by atoms with E-state index in [-0.39, 0.29) is 11.2 Å². The predicted molar refractivity (Wildman–Crippen MR) is 68.9 cm³/mol. The van der Waals surface area contributed by atoms with Crippen molar-refractivity contribution in [3.63, 3.8) is 0 Å². The molecular weight excluding hydrogens is 307 g/mol. The van der Waals surface area contributed by atoms with Crippen LogP contribution in [0.3, 0.4) is 0 Å². The molecule has 0 spiro atoms. The minimum absolute atomic E-state index is 0.0689. The normalized spacial score (nSPS) is 10.3. The minimum Gasteiger partial charge on any atom is -0.496 e. The van der Waals surface area contributed by atoms with Crippen LogP contribution in [-0.4, -0.2) is 22.1 Å². The minimum atomic E-state index is 0.0689. The molecule has 88 valence electrons. The van der Waals surface area contributed by atoms with E-state index >= 15 is 0 Å². The summed E-state index contributed by atoms with van der Waals surface area (Å²) in [6.45, 7) is 0. The highest BCUT2D eigenvalue weighted by Crippen LogP contribution is 2.29. The van der Waals surface area contributed by atoms with Gasteiger partial charge in [0.15, 0.2) is 5.82 Å². The fourth-order valence-corrected chi connectivity index (χ4v) is 2.01. The van der Waals surface area contributed by atoms with Gasteiger partial charge in [0.05, 0.1) is 11.6 Å². The molecule has 0 amide bonds. The lowest BCUT2D eigenvalue weighted by molar-refractivity contribution is 0.412. The van der Waals surface area contributed by atoms with Gasteiger partial charge in [-0.25, -0.2) is 0 Å². The number of anilines is 1. The second-order valence-corrected chi connectivity index (χ2v) is 4.33. The molecule has 0 atom stereocenters. The number of methoxy groups -OCH3 is 1. The van der Waals surface area contributed by atoms with Crippen LogP contribution >= 0.6 is 27.5 Å². The zero-order valence-electron chi connectivity index (χ0n) is 8.82. The van der Waals surface area contributed by atoms with Gasteiger partial charge in [0, 0.05) is 5.56 Å². The number of nitrogens with two attached hydrogens (primary N) is 1. The topological polar surface area (TPSA) is 73.9 Å². The summed E-state index contributed by atoms with van der Waals surface area (Å²) in [5, 5.41) is 0.0689. The Kier molecular flexibility index (Phi) is 3.44. The molecule has 2 N–H and O–H groups in total. The Morgan fingerprint density at radius 2 is 2.06 bits per heavy atom. The van der Waals surface area contributed by atoms with Gasteiger partial charge in [-0.05, 0) is 45.7 Å². The molecule has 1 aromatic heterocycles. The molecule has 0 radical (unpaired) electrons. The first-order valence-corrected chi connectivity index (χ1v) is 5.78. The van der Waals surface area contributed by atoms with Crippen LogP contribution in [0.4, 0.5) is 5.95 Å². The SMILES string of the molecule is COc1ccc(-c2nc(N)nc(Cl)n2)cc1Br. The van der Waals surface area contributed by atoms with Gasteiger partial charge in [0.2, 0.25) is 11.2 Å². The maximum Gasteiger partial charge on any atom is 0.227 e. The summed E-state index contributed by atoms with van der Waals surface area (Å²) in [5.74, 6) is 1.24. The van der Waals surface area contributed by atoms with Crippen molar-refractivity contribution in [2.24, 2.45) is 0 Å². The number of benzene rings is 1. The average Bonchev–Trinajstić information content (AvgIpc) is 2.27. The maximum absolute atomic E-state index is 5.72. The number of hydrogen-bond donors (Lipinski definition) is 1. The lowest BCUT2D eigenvalue weighted by Gasteiger charge is -2.05. The monoisotopic (exact) mass is 314 g/mol. The molecule has 0 unspecified atom stereocenters. The maximum atomic E-state index is 5.72. The summed E-state index contributed by atoms with van der Waals surface area (Å²) in [5.41, 5.74) is 6.28. The van der Waals surface area contributed by atoms with Gasteiger partial charge < -0.3 is 10.5 Å². The van der Waals surface area contributed by atoms with Crippen LogP contribution in [-0.2, 0) is 0 Å². The Labute approximate surface area is 111 Å². The molecule has 0 fully saturated rings. The summed E-state index contributed by atoms with van der Waals surface area (Å²) in [6.07, 6.45) is 0. The van der Waals surface area contributed by atoms with Gasteiger partial charge in [-0.15, -0.1) is 0 Å². The highest BCUT2D eigenvalue weighted by Gasteiger charge is 2.08. The fraction of sp³-hybridized carbons (Fsp3) is 0.100. The number of nitrogens with zero attached hydrogens (tertiary/aromatic N) is 3. The highest BCUT2D eigenvalue weighted by atomic mass is 79.9. The number of hydrogen-bond acceptors (Lipinski definition) is 5. The molecule has 2 rings (SSSR count). The van der Waals surface area contributed by atoms with Crippen molar-refractivity contribution in [1.82, 2.24) is 15.0 Å². The summed E-state index contributed by atoms with van der Waals surface area (Å²) in [4.78, 5) is 11.7. The van der Waals surface area contributed by atoms with E-state index in [1.54, 1.807) is 13.2 Å². The first kappa shape index (κ1) is 12.1. The molecule has 17 heavy (non-hydrogen) atoms. The molecule has 0 bridgehead atoms. The zero-order chi connectivity index (χ0) is 12.4. The number of ether oxygens (including phenoxy) is 1. The van der Waals surface area contributed by atoms with Crippen LogP contribution in [0.2, 0.25) is 5.28 Å². The Bertz CT molecular complexity index is 544. The van der Waals surface area contributed by atoms with Crippen LogP contribution < -0.4 is 10.5 Å². The van der Waals surface area contributed by atoms with Crippen LogP contribution in [0.1, 0.15) is 0 Å². The second-order valence-electron chi connectivity index (χ2n) is 3.14.